The molecule has 0 spiro atoms. The van der Waals surface area contributed by atoms with Crippen LogP contribution in [0.15, 0.2) is 0 Å². The minimum absolute atomic E-state index is 0.0640. The lowest BCUT2D eigenvalue weighted by Gasteiger charge is -2.13. The summed E-state index contributed by atoms with van der Waals surface area (Å²) in [6.07, 6.45) is 1.61. The molecule has 0 rings (SSSR count). The molecule has 0 saturated heterocycles. The number of amides is 1. The number of hydrogen-bond acceptors (Lipinski definition) is 3. The van der Waals surface area contributed by atoms with Crippen LogP contribution in [0.1, 0.15) is 33.6 Å². The van der Waals surface area contributed by atoms with Gasteiger partial charge in [-0.1, -0.05) is 20.8 Å². The van der Waals surface area contributed by atoms with Gasteiger partial charge in [-0.25, -0.2) is 0 Å². The Labute approximate surface area is 108 Å². The Kier molecular flexibility index (Phi) is 8.94. The second-order valence-corrected chi connectivity index (χ2v) is 5.84. The number of carbonyl (C=O) groups excluding carboxylic acids is 1. The SMILES string of the molecule is CC(C)CC(C)CC(=O)NCCSCC(=O)O. The third kappa shape index (κ3) is 11.6. The number of carboxylic acid groups (broad SMARTS) is 1. The minimum Gasteiger partial charge on any atom is -0.481 e. The van der Waals surface area contributed by atoms with Crippen LogP contribution in [0, 0.1) is 11.8 Å². The van der Waals surface area contributed by atoms with Crippen LogP contribution in [0.2, 0.25) is 0 Å². The highest BCUT2D eigenvalue weighted by Crippen LogP contribution is 2.14. The first-order chi connectivity index (χ1) is 7.91. The van der Waals surface area contributed by atoms with Gasteiger partial charge in [0.1, 0.15) is 0 Å². The first kappa shape index (κ1) is 16.3. The molecule has 0 heterocycles. The molecule has 4 nitrogen and oxygen atoms in total. The summed E-state index contributed by atoms with van der Waals surface area (Å²) in [7, 11) is 0. The van der Waals surface area contributed by atoms with E-state index in [-0.39, 0.29) is 11.7 Å². The third-order valence-electron chi connectivity index (χ3n) is 2.20. The van der Waals surface area contributed by atoms with Gasteiger partial charge in [0.25, 0.3) is 0 Å². The van der Waals surface area contributed by atoms with Gasteiger partial charge in [-0.2, -0.15) is 0 Å². The van der Waals surface area contributed by atoms with Crippen molar-refractivity contribution in [1.29, 1.82) is 0 Å². The van der Waals surface area contributed by atoms with Gasteiger partial charge in [-0.05, 0) is 18.3 Å². The molecule has 0 saturated carbocycles. The molecule has 2 N–H and O–H groups in total. The second kappa shape index (κ2) is 9.33. The Bertz CT molecular complexity index is 244. The molecular weight excluding hydrogens is 238 g/mol. The molecule has 0 fully saturated rings. The summed E-state index contributed by atoms with van der Waals surface area (Å²) < 4.78 is 0. The quantitative estimate of drug-likeness (QED) is 0.623. The van der Waals surface area contributed by atoms with Gasteiger partial charge in [0.2, 0.25) is 5.91 Å². The van der Waals surface area contributed by atoms with Crippen molar-refractivity contribution in [3.8, 4) is 0 Å². The van der Waals surface area contributed by atoms with Crippen LogP contribution >= 0.6 is 11.8 Å². The summed E-state index contributed by atoms with van der Waals surface area (Å²) in [6.45, 7) is 6.93. The van der Waals surface area contributed by atoms with Gasteiger partial charge in [-0.3, -0.25) is 9.59 Å². The monoisotopic (exact) mass is 261 g/mol. The molecule has 17 heavy (non-hydrogen) atoms. The van der Waals surface area contributed by atoms with Crippen LogP contribution in [-0.2, 0) is 9.59 Å². The first-order valence-electron chi connectivity index (χ1n) is 5.98. The molecule has 0 aromatic carbocycles. The van der Waals surface area contributed by atoms with Crippen molar-refractivity contribution in [2.45, 2.75) is 33.6 Å². The van der Waals surface area contributed by atoms with Gasteiger partial charge >= 0.3 is 5.97 Å². The zero-order valence-electron chi connectivity index (χ0n) is 10.9. The summed E-state index contributed by atoms with van der Waals surface area (Å²) in [4.78, 5) is 21.7. The van der Waals surface area contributed by atoms with E-state index in [0.29, 0.717) is 30.6 Å². The Morgan fingerprint density at radius 1 is 1.29 bits per heavy atom. The lowest BCUT2D eigenvalue weighted by molar-refractivity contribution is -0.133. The number of carbonyl (C=O) groups is 2. The van der Waals surface area contributed by atoms with Gasteiger partial charge in [0.15, 0.2) is 0 Å². The Balaban J connectivity index is 3.49. The van der Waals surface area contributed by atoms with Crippen LogP contribution in [-0.4, -0.2) is 35.0 Å². The van der Waals surface area contributed by atoms with Gasteiger partial charge in [-0.15, -0.1) is 11.8 Å². The van der Waals surface area contributed by atoms with E-state index in [1.165, 1.54) is 11.8 Å². The van der Waals surface area contributed by atoms with E-state index < -0.39 is 5.97 Å². The molecule has 0 bridgehead atoms. The maximum absolute atomic E-state index is 11.5. The second-order valence-electron chi connectivity index (χ2n) is 4.74. The molecule has 0 aliphatic heterocycles. The summed E-state index contributed by atoms with van der Waals surface area (Å²) in [6, 6.07) is 0. The third-order valence-corrected chi connectivity index (χ3v) is 3.15. The summed E-state index contributed by atoms with van der Waals surface area (Å²) in [5.41, 5.74) is 0. The van der Waals surface area contributed by atoms with E-state index in [9.17, 15) is 9.59 Å². The maximum atomic E-state index is 11.5. The molecule has 1 atom stereocenters. The van der Waals surface area contributed by atoms with Crippen LogP contribution in [0.3, 0.4) is 0 Å². The molecular formula is C12H23NO3S. The van der Waals surface area contributed by atoms with Crippen molar-refractivity contribution in [1.82, 2.24) is 5.32 Å². The zero-order chi connectivity index (χ0) is 13.3. The summed E-state index contributed by atoms with van der Waals surface area (Å²) in [5.74, 6) is 1.02. The number of rotatable bonds is 9. The number of carboxylic acids is 1. The minimum atomic E-state index is -0.813. The van der Waals surface area contributed by atoms with Crippen LogP contribution in [0.25, 0.3) is 0 Å². The largest absolute Gasteiger partial charge is 0.481 e. The van der Waals surface area contributed by atoms with Crippen molar-refractivity contribution in [2.75, 3.05) is 18.1 Å². The van der Waals surface area contributed by atoms with E-state index in [1.54, 1.807) is 0 Å². The number of thioether (sulfide) groups is 1. The Morgan fingerprint density at radius 3 is 2.47 bits per heavy atom. The van der Waals surface area contributed by atoms with Crippen LogP contribution < -0.4 is 5.32 Å². The Morgan fingerprint density at radius 2 is 1.94 bits per heavy atom. The number of hydrogen-bond donors (Lipinski definition) is 2. The van der Waals surface area contributed by atoms with Gasteiger partial charge in [0.05, 0.1) is 5.75 Å². The highest BCUT2D eigenvalue weighted by atomic mass is 32.2. The summed E-state index contributed by atoms with van der Waals surface area (Å²) >= 11 is 1.32. The molecule has 0 aliphatic rings. The van der Waals surface area contributed by atoms with Crippen molar-refractivity contribution in [3.05, 3.63) is 0 Å². The van der Waals surface area contributed by atoms with E-state index in [1.807, 2.05) is 0 Å². The van der Waals surface area contributed by atoms with E-state index in [0.717, 1.165) is 6.42 Å². The molecule has 0 aliphatic carbocycles. The highest BCUT2D eigenvalue weighted by molar-refractivity contribution is 7.99. The maximum Gasteiger partial charge on any atom is 0.313 e. The molecule has 5 heteroatoms. The van der Waals surface area contributed by atoms with Crippen molar-refractivity contribution in [2.24, 2.45) is 11.8 Å². The number of aliphatic carboxylic acids is 1. The average Bonchev–Trinajstić information content (AvgIpc) is 2.14. The van der Waals surface area contributed by atoms with E-state index >= 15 is 0 Å². The molecule has 0 aromatic rings. The van der Waals surface area contributed by atoms with Gasteiger partial charge in [0, 0.05) is 18.7 Å². The zero-order valence-corrected chi connectivity index (χ0v) is 11.7. The normalized spacial score (nSPS) is 12.5. The van der Waals surface area contributed by atoms with E-state index in [4.69, 9.17) is 5.11 Å². The number of nitrogens with one attached hydrogen (secondary N) is 1. The fourth-order valence-corrected chi connectivity index (χ4v) is 2.26. The first-order valence-corrected chi connectivity index (χ1v) is 7.13. The highest BCUT2D eigenvalue weighted by Gasteiger charge is 2.10. The van der Waals surface area contributed by atoms with Crippen LogP contribution in [0.4, 0.5) is 0 Å². The predicted octanol–water partition coefficient (Wildman–Crippen LogP) is 1.99. The Hall–Kier alpha value is -0.710. The van der Waals surface area contributed by atoms with Crippen molar-refractivity contribution < 1.29 is 14.7 Å². The fraction of sp³-hybridized carbons (Fsp3) is 0.833. The van der Waals surface area contributed by atoms with E-state index in [2.05, 4.69) is 26.1 Å². The predicted molar refractivity (Wildman–Crippen MR) is 71.2 cm³/mol. The molecule has 1 amide bonds. The van der Waals surface area contributed by atoms with Gasteiger partial charge < -0.3 is 10.4 Å². The lowest BCUT2D eigenvalue weighted by atomic mass is 9.96. The molecule has 0 aromatic heterocycles. The lowest BCUT2D eigenvalue weighted by Crippen LogP contribution is -2.27. The summed E-state index contributed by atoms with van der Waals surface area (Å²) in [5, 5.41) is 11.2. The smallest absolute Gasteiger partial charge is 0.313 e. The fourth-order valence-electron chi connectivity index (χ4n) is 1.70. The average molecular weight is 261 g/mol. The standard InChI is InChI=1S/C12H23NO3S/c1-9(2)6-10(3)7-11(14)13-4-5-17-8-12(15)16/h9-10H,4-8H2,1-3H3,(H,13,14)(H,15,16). The molecule has 0 radical (unpaired) electrons. The molecule has 100 valence electrons. The topological polar surface area (TPSA) is 66.4 Å². The van der Waals surface area contributed by atoms with Crippen molar-refractivity contribution in [3.63, 3.8) is 0 Å². The molecule has 1 unspecified atom stereocenters. The van der Waals surface area contributed by atoms with Crippen LogP contribution in [0.5, 0.6) is 0 Å². The van der Waals surface area contributed by atoms with Crippen molar-refractivity contribution >= 4 is 23.6 Å².